The van der Waals surface area contributed by atoms with Crippen LogP contribution in [0, 0.1) is 13.8 Å². The third-order valence-corrected chi connectivity index (χ3v) is 2.38. The number of aromatic nitrogens is 2. The average molecular weight is 246 g/mol. The van der Waals surface area contributed by atoms with Crippen molar-refractivity contribution in [3.05, 3.63) is 52.3 Å². The molecule has 0 spiro atoms. The Bertz CT molecular complexity index is 544. The summed E-state index contributed by atoms with van der Waals surface area (Å²) in [7, 11) is 0. The first-order valence-electron chi connectivity index (χ1n) is 5.25. The highest BCUT2D eigenvalue weighted by molar-refractivity contribution is 6.30. The Morgan fingerprint density at radius 3 is 2.47 bits per heavy atom. The highest BCUT2D eigenvalue weighted by atomic mass is 35.5. The summed E-state index contributed by atoms with van der Waals surface area (Å²) < 4.78 is 0. The van der Waals surface area contributed by atoms with Gasteiger partial charge >= 0.3 is 0 Å². The standard InChI is InChI=1S/C13H12ClN3/c1-9-6-10(2)17-13(16-9)15-8-11-4-3-5-12(14)7-11/h3-8H,1-2H3. The van der Waals surface area contributed by atoms with Crippen LogP contribution in [0.3, 0.4) is 0 Å². The lowest BCUT2D eigenvalue weighted by atomic mass is 10.2. The Labute approximate surface area is 105 Å². The number of nitrogens with zero attached hydrogens (tertiary/aromatic N) is 3. The summed E-state index contributed by atoms with van der Waals surface area (Å²) in [6, 6.07) is 9.39. The molecule has 86 valence electrons. The predicted octanol–water partition coefficient (Wildman–Crippen LogP) is 3.50. The van der Waals surface area contributed by atoms with Crippen LogP contribution in [0.5, 0.6) is 0 Å². The van der Waals surface area contributed by atoms with E-state index >= 15 is 0 Å². The molecule has 0 fully saturated rings. The molecular formula is C13H12ClN3. The summed E-state index contributed by atoms with van der Waals surface area (Å²) in [4.78, 5) is 12.7. The Morgan fingerprint density at radius 1 is 1.12 bits per heavy atom. The van der Waals surface area contributed by atoms with Gasteiger partial charge in [-0.15, -0.1) is 0 Å². The van der Waals surface area contributed by atoms with E-state index in [4.69, 9.17) is 11.6 Å². The summed E-state index contributed by atoms with van der Waals surface area (Å²) >= 11 is 5.88. The van der Waals surface area contributed by atoms with E-state index in [9.17, 15) is 0 Å². The molecule has 0 amide bonds. The van der Waals surface area contributed by atoms with E-state index in [2.05, 4.69) is 15.0 Å². The second-order valence-electron chi connectivity index (χ2n) is 3.76. The first-order chi connectivity index (χ1) is 8.13. The fraction of sp³-hybridized carbons (Fsp3) is 0.154. The average Bonchev–Trinajstić information content (AvgIpc) is 2.25. The van der Waals surface area contributed by atoms with Crippen LogP contribution < -0.4 is 0 Å². The monoisotopic (exact) mass is 245 g/mol. The Morgan fingerprint density at radius 2 is 1.82 bits per heavy atom. The second kappa shape index (κ2) is 5.06. The van der Waals surface area contributed by atoms with Gasteiger partial charge < -0.3 is 0 Å². The molecule has 3 nitrogen and oxygen atoms in total. The van der Waals surface area contributed by atoms with Gasteiger partial charge in [0, 0.05) is 22.6 Å². The van der Waals surface area contributed by atoms with E-state index in [-0.39, 0.29) is 0 Å². The van der Waals surface area contributed by atoms with Crippen molar-refractivity contribution in [2.75, 3.05) is 0 Å². The molecule has 1 aromatic carbocycles. The van der Waals surface area contributed by atoms with Gasteiger partial charge in [0.15, 0.2) is 0 Å². The normalized spacial score (nSPS) is 11.0. The summed E-state index contributed by atoms with van der Waals surface area (Å²) in [6.07, 6.45) is 1.71. The third-order valence-electron chi connectivity index (χ3n) is 2.15. The number of rotatable bonds is 2. The summed E-state index contributed by atoms with van der Waals surface area (Å²) in [6.45, 7) is 3.85. The van der Waals surface area contributed by atoms with Crippen LogP contribution in [0.2, 0.25) is 5.02 Å². The quantitative estimate of drug-likeness (QED) is 0.760. The van der Waals surface area contributed by atoms with Crippen LogP contribution >= 0.6 is 11.6 Å². The maximum atomic E-state index is 5.88. The lowest BCUT2D eigenvalue weighted by molar-refractivity contribution is 1.04. The minimum Gasteiger partial charge on any atom is -0.219 e. The van der Waals surface area contributed by atoms with Gasteiger partial charge in [0.05, 0.1) is 0 Å². The minimum atomic E-state index is 0.475. The third kappa shape index (κ3) is 3.36. The molecule has 0 saturated heterocycles. The largest absolute Gasteiger partial charge is 0.249 e. The van der Waals surface area contributed by atoms with Crippen LogP contribution in [0.15, 0.2) is 35.3 Å². The number of hydrogen-bond donors (Lipinski definition) is 0. The molecule has 0 saturated carbocycles. The van der Waals surface area contributed by atoms with Gasteiger partial charge in [0.2, 0.25) is 5.95 Å². The molecule has 1 aromatic heterocycles. The Kier molecular flexibility index (Phi) is 3.49. The maximum Gasteiger partial charge on any atom is 0.249 e. The second-order valence-corrected chi connectivity index (χ2v) is 4.20. The number of aryl methyl sites for hydroxylation is 2. The van der Waals surface area contributed by atoms with Gasteiger partial charge in [0.25, 0.3) is 0 Å². The van der Waals surface area contributed by atoms with E-state index in [0.29, 0.717) is 11.0 Å². The predicted molar refractivity (Wildman–Crippen MR) is 70.2 cm³/mol. The molecule has 2 aromatic rings. The minimum absolute atomic E-state index is 0.475. The van der Waals surface area contributed by atoms with Crippen LogP contribution in [0.4, 0.5) is 5.95 Å². The fourth-order valence-corrected chi connectivity index (χ4v) is 1.68. The van der Waals surface area contributed by atoms with Gasteiger partial charge in [-0.3, -0.25) is 0 Å². The SMILES string of the molecule is Cc1cc(C)nc(N=Cc2cccc(Cl)c2)n1. The van der Waals surface area contributed by atoms with Crippen molar-refractivity contribution in [2.24, 2.45) is 4.99 Å². The zero-order valence-corrected chi connectivity index (χ0v) is 10.4. The fourth-order valence-electron chi connectivity index (χ4n) is 1.48. The van der Waals surface area contributed by atoms with Crippen molar-refractivity contribution >= 4 is 23.8 Å². The first-order valence-corrected chi connectivity index (χ1v) is 5.63. The molecule has 0 radical (unpaired) electrons. The summed E-state index contributed by atoms with van der Waals surface area (Å²) in [5.41, 5.74) is 2.76. The van der Waals surface area contributed by atoms with E-state index in [1.165, 1.54) is 0 Å². The molecule has 0 aliphatic rings. The van der Waals surface area contributed by atoms with E-state index in [0.717, 1.165) is 17.0 Å². The van der Waals surface area contributed by atoms with Crippen LogP contribution in [0.25, 0.3) is 0 Å². The van der Waals surface area contributed by atoms with Gasteiger partial charge in [-0.05, 0) is 37.6 Å². The Hall–Kier alpha value is -1.74. The molecular weight excluding hydrogens is 234 g/mol. The molecule has 0 bridgehead atoms. The van der Waals surface area contributed by atoms with E-state index in [1.807, 2.05) is 44.2 Å². The van der Waals surface area contributed by atoms with Crippen molar-refractivity contribution in [1.29, 1.82) is 0 Å². The zero-order chi connectivity index (χ0) is 12.3. The molecule has 0 aliphatic heterocycles. The van der Waals surface area contributed by atoms with Crippen molar-refractivity contribution in [3.8, 4) is 0 Å². The smallest absolute Gasteiger partial charge is 0.219 e. The summed E-state index contributed by atoms with van der Waals surface area (Å²) in [5, 5.41) is 0.690. The topological polar surface area (TPSA) is 38.1 Å². The highest BCUT2D eigenvalue weighted by Crippen LogP contribution is 2.11. The first kappa shape index (κ1) is 11.7. The molecule has 17 heavy (non-hydrogen) atoms. The lowest BCUT2D eigenvalue weighted by Crippen LogP contribution is -1.89. The van der Waals surface area contributed by atoms with Crippen molar-refractivity contribution in [1.82, 2.24) is 9.97 Å². The van der Waals surface area contributed by atoms with Crippen LogP contribution in [-0.2, 0) is 0 Å². The zero-order valence-electron chi connectivity index (χ0n) is 9.68. The number of hydrogen-bond acceptors (Lipinski definition) is 3. The summed E-state index contributed by atoms with van der Waals surface area (Å²) in [5.74, 6) is 0.475. The van der Waals surface area contributed by atoms with Crippen LogP contribution in [-0.4, -0.2) is 16.2 Å². The van der Waals surface area contributed by atoms with Gasteiger partial charge in [-0.1, -0.05) is 23.7 Å². The molecule has 2 rings (SSSR count). The molecule has 0 N–H and O–H groups in total. The Balaban J connectivity index is 2.25. The number of aliphatic imine (C=N–C) groups is 1. The van der Waals surface area contributed by atoms with Crippen molar-refractivity contribution in [3.63, 3.8) is 0 Å². The molecule has 4 heteroatoms. The van der Waals surface area contributed by atoms with Crippen molar-refractivity contribution < 1.29 is 0 Å². The maximum absolute atomic E-state index is 5.88. The van der Waals surface area contributed by atoms with Crippen molar-refractivity contribution in [2.45, 2.75) is 13.8 Å². The molecule has 0 unspecified atom stereocenters. The van der Waals surface area contributed by atoms with E-state index in [1.54, 1.807) is 6.21 Å². The number of halogens is 1. The van der Waals surface area contributed by atoms with Gasteiger partial charge in [0.1, 0.15) is 0 Å². The molecule has 0 atom stereocenters. The van der Waals surface area contributed by atoms with Gasteiger partial charge in [-0.25, -0.2) is 15.0 Å². The van der Waals surface area contributed by atoms with E-state index < -0.39 is 0 Å². The highest BCUT2D eigenvalue weighted by Gasteiger charge is 1.96. The van der Waals surface area contributed by atoms with Crippen LogP contribution in [0.1, 0.15) is 17.0 Å². The molecule has 1 heterocycles. The lowest BCUT2D eigenvalue weighted by Gasteiger charge is -1.98. The number of benzene rings is 1. The van der Waals surface area contributed by atoms with Gasteiger partial charge in [-0.2, -0.15) is 0 Å². The molecule has 0 aliphatic carbocycles.